The van der Waals surface area contributed by atoms with Crippen molar-refractivity contribution in [3.63, 3.8) is 0 Å². The van der Waals surface area contributed by atoms with Gasteiger partial charge in [-0.3, -0.25) is 10.1 Å². The second kappa shape index (κ2) is 7.75. The van der Waals surface area contributed by atoms with Gasteiger partial charge in [-0.05, 0) is 18.4 Å². The van der Waals surface area contributed by atoms with E-state index in [2.05, 4.69) is 20.6 Å². The summed E-state index contributed by atoms with van der Waals surface area (Å²) in [5.41, 5.74) is 6.43. The molecule has 1 saturated heterocycles. The second-order valence-electron chi connectivity index (χ2n) is 5.74. The number of nitrogens with two attached hydrogens (primary N) is 1. The van der Waals surface area contributed by atoms with Gasteiger partial charge in [-0.15, -0.1) is 0 Å². The molecule has 0 radical (unpaired) electrons. The van der Waals surface area contributed by atoms with Gasteiger partial charge < -0.3 is 21.1 Å². The summed E-state index contributed by atoms with van der Waals surface area (Å²) >= 11 is 0. The minimum absolute atomic E-state index is 0.0937. The number of nitro groups is 1. The molecule has 2 aromatic rings. The molecule has 1 aromatic carbocycles. The number of nitrogen functional groups attached to an aromatic ring is 1. The normalized spacial score (nSPS) is 16.6. The van der Waals surface area contributed by atoms with E-state index >= 15 is 0 Å². The Kier molecular flexibility index (Phi) is 5.24. The van der Waals surface area contributed by atoms with Gasteiger partial charge in [0.1, 0.15) is 0 Å². The van der Waals surface area contributed by atoms with Gasteiger partial charge in [-0.2, -0.15) is 9.97 Å². The molecule has 3 rings (SSSR count). The molecule has 1 aliphatic heterocycles. The third kappa shape index (κ3) is 4.32. The summed E-state index contributed by atoms with van der Waals surface area (Å²) in [4.78, 5) is 18.9. The maximum Gasteiger partial charge on any atom is 0.353 e. The van der Waals surface area contributed by atoms with Crippen LogP contribution in [0.5, 0.6) is 0 Å². The minimum Gasteiger partial charge on any atom is -0.378 e. The van der Waals surface area contributed by atoms with E-state index in [1.807, 2.05) is 30.3 Å². The van der Waals surface area contributed by atoms with Crippen LogP contribution in [0.3, 0.4) is 0 Å². The Morgan fingerprint density at radius 1 is 1.28 bits per heavy atom. The fourth-order valence-corrected chi connectivity index (χ4v) is 2.65. The van der Waals surface area contributed by atoms with Crippen LogP contribution in [0, 0.1) is 10.1 Å². The lowest BCUT2D eigenvalue weighted by Gasteiger charge is -2.13. The van der Waals surface area contributed by atoms with Crippen LogP contribution in [0.4, 0.5) is 23.3 Å². The predicted octanol–water partition coefficient (Wildman–Crippen LogP) is 2.17. The van der Waals surface area contributed by atoms with Gasteiger partial charge in [0.15, 0.2) is 0 Å². The molecule has 2 heterocycles. The van der Waals surface area contributed by atoms with Gasteiger partial charge in [0.05, 0.1) is 11.0 Å². The van der Waals surface area contributed by atoms with E-state index in [4.69, 9.17) is 10.5 Å². The van der Waals surface area contributed by atoms with E-state index < -0.39 is 4.92 Å². The minimum atomic E-state index is -0.577. The highest BCUT2D eigenvalue weighted by molar-refractivity contribution is 5.69. The number of nitrogens with zero attached hydrogens (tertiary/aromatic N) is 3. The van der Waals surface area contributed by atoms with Crippen molar-refractivity contribution in [3.05, 3.63) is 46.0 Å². The molecule has 25 heavy (non-hydrogen) atoms. The second-order valence-corrected chi connectivity index (χ2v) is 5.74. The van der Waals surface area contributed by atoms with Gasteiger partial charge in [-0.25, -0.2) is 0 Å². The lowest BCUT2D eigenvalue weighted by atomic mass is 10.2. The SMILES string of the molecule is Nc1nc(NC[C@H]2CCCO2)nc(NCc2ccccc2)c1[N+](=O)[O-]. The van der Waals surface area contributed by atoms with Gasteiger partial charge in [-0.1, -0.05) is 30.3 Å². The smallest absolute Gasteiger partial charge is 0.353 e. The lowest BCUT2D eigenvalue weighted by molar-refractivity contribution is -0.383. The molecule has 4 N–H and O–H groups in total. The van der Waals surface area contributed by atoms with Crippen LogP contribution in [0.25, 0.3) is 0 Å². The summed E-state index contributed by atoms with van der Waals surface area (Å²) in [7, 11) is 0. The summed E-state index contributed by atoms with van der Waals surface area (Å²) in [6.45, 7) is 1.68. The van der Waals surface area contributed by atoms with Crippen molar-refractivity contribution >= 4 is 23.3 Å². The first-order chi connectivity index (χ1) is 12.1. The van der Waals surface area contributed by atoms with Crippen molar-refractivity contribution in [2.45, 2.75) is 25.5 Å². The summed E-state index contributed by atoms with van der Waals surface area (Å²) in [5, 5.41) is 17.3. The molecule has 0 unspecified atom stereocenters. The van der Waals surface area contributed by atoms with Crippen molar-refractivity contribution < 1.29 is 9.66 Å². The molecule has 0 spiro atoms. The highest BCUT2D eigenvalue weighted by atomic mass is 16.6. The van der Waals surface area contributed by atoms with Crippen molar-refractivity contribution in [2.75, 3.05) is 29.5 Å². The number of hydrogen-bond donors (Lipinski definition) is 3. The molecular formula is C16H20N6O3. The van der Waals surface area contributed by atoms with Crippen LogP contribution < -0.4 is 16.4 Å². The average molecular weight is 344 g/mol. The summed E-state index contributed by atoms with van der Waals surface area (Å²) in [5.74, 6) is 0.163. The molecule has 1 aliphatic rings. The Balaban J connectivity index is 1.76. The van der Waals surface area contributed by atoms with Crippen molar-refractivity contribution in [2.24, 2.45) is 0 Å². The molecular weight excluding hydrogens is 324 g/mol. The third-order valence-electron chi connectivity index (χ3n) is 3.91. The maximum absolute atomic E-state index is 11.3. The molecule has 9 nitrogen and oxygen atoms in total. The third-order valence-corrected chi connectivity index (χ3v) is 3.91. The zero-order valence-corrected chi connectivity index (χ0v) is 13.6. The summed E-state index contributed by atoms with van der Waals surface area (Å²) in [6, 6.07) is 9.53. The fourth-order valence-electron chi connectivity index (χ4n) is 2.65. The van der Waals surface area contributed by atoms with Crippen molar-refractivity contribution in [3.8, 4) is 0 Å². The monoisotopic (exact) mass is 344 g/mol. The molecule has 0 amide bonds. The number of rotatable bonds is 7. The molecule has 0 saturated carbocycles. The zero-order chi connectivity index (χ0) is 17.6. The quantitative estimate of drug-likeness (QED) is 0.515. The summed E-state index contributed by atoms with van der Waals surface area (Å²) < 4.78 is 5.53. The Labute approximate surface area is 144 Å². The zero-order valence-electron chi connectivity index (χ0n) is 13.6. The first kappa shape index (κ1) is 16.9. The van der Waals surface area contributed by atoms with Crippen LogP contribution >= 0.6 is 0 Å². The van der Waals surface area contributed by atoms with E-state index in [1.165, 1.54) is 0 Å². The standard InChI is InChI=1S/C16H20N6O3/c17-14-13(22(23)24)15(18-9-11-5-2-1-3-6-11)21-16(20-14)19-10-12-7-4-8-25-12/h1-3,5-6,12H,4,7-10H2,(H4,17,18,19,20,21)/t12-/m1/s1. The number of benzene rings is 1. The number of hydrogen-bond acceptors (Lipinski definition) is 8. The van der Waals surface area contributed by atoms with Crippen LogP contribution in [-0.2, 0) is 11.3 Å². The summed E-state index contributed by atoms with van der Waals surface area (Å²) in [6.07, 6.45) is 2.09. The van der Waals surface area contributed by atoms with E-state index in [1.54, 1.807) is 0 Å². The van der Waals surface area contributed by atoms with Crippen LogP contribution in [0.1, 0.15) is 18.4 Å². The fraction of sp³-hybridized carbons (Fsp3) is 0.375. The van der Waals surface area contributed by atoms with Gasteiger partial charge in [0.2, 0.25) is 17.6 Å². The first-order valence-corrected chi connectivity index (χ1v) is 8.08. The largest absolute Gasteiger partial charge is 0.378 e. The maximum atomic E-state index is 11.3. The first-order valence-electron chi connectivity index (χ1n) is 8.08. The Morgan fingerprint density at radius 3 is 2.76 bits per heavy atom. The number of nitrogens with one attached hydrogen (secondary N) is 2. The molecule has 9 heteroatoms. The predicted molar refractivity (Wildman–Crippen MR) is 94.3 cm³/mol. The van der Waals surface area contributed by atoms with Crippen molar-refractivity contribution in [1.29, 1.82) is 0 Å². The van der Waals surface area contributed by atoms with Crippen LogP contribution in [-0.4, -0.2) is 34.1 Å². The Morgan fingerprint density at radius 2 is 2.08 bits per heavy atom. The molecule has 132 valence electrons. The molecule has 1 fully saturated rings. The van der Waals surface area contributed by atoms with Gasteiger partial charge in [0.25, 0.3) is 0 Å². The van der Waals surface area contributed by atoms with Crippen LogP contribution in [0.2, 0.25) is 0 Å². The Bertz CT molecular complexity index is 734. The van der Waals surface area contributed by atoms with E-state index in [0.717, 1.165) is 25.0 Å². The topological polar surface area (TPSA) is 128 Å². The van der Waals surface area contributed by atoms with Gasteiger partial charge in [0, 0.05) is 19.7 Å². The Hall–Kier alpha value is -2.94. The highest BCUT2D eigenvalue weighted by Crippen LogP contribution is 2.29. The highest BCUT2D eigenvalue weighted by Gasteiger charge is 2.23. The van der Waals surface area contributed by atoms with Crippen LogP contribution in [0.15, 0.2) is 30.3 Å². The molecule has 0 aliphatic carbocycles. The average Bonchev–Trinajstić information content (AvgIpc) is 3.12. The van der Waals surface area contributed by atoms with Gasteiger partial charge >= 0.3 is 5.69 Å². The van der Waals surface area contributed by atoms with Crippen molar-refractivity contribution in [1.82, 2.24) is 9.97 Å². The number of aromatic nitrogens is 2. The number of ether oxygens (including phenoxy) is 1. The number of anilines is 3. The molecule has 1 atom stereocenters. The molecule has 0 bridgehead atoms. The van der Waals surface area contributed by atoms with E-state index in [9.17, 15) is 10.1 Å². The van der Waals surface area contributed by atoms with E-state index in [-0.39, 0.29) is 29.4 Å². The lowest BCUT2D eigenvalue weighted by Crippen LogP contribution is -2.20. The molecule has 1 aromatic heterocycles. The van der Waals surface area contributed by atoms with E-state index in [0.29, 0.717) is 13.1 Å².